The zero-order chi connectivity index (χ0) is 14.6. The Morgan fingerprint density at radius 3 is 2.95 bits per heavy atom. The molecule has 20 heavy (non-hydrogen) atoms. The van der Waals surface area contributed by atoms with Crippen LogP contribution >= 0.6 is 11.3 Å². The van der Waals surface area contributed by atoms with Crippen molar-refractivity contribution in [2.75, 3.05) is 6.54 Å². The summed E-state index contributed by atoms with van der Waals surface area (Å²) in [6.45, 7) is 3.86. The molecule has 1 unspecified atom stereocenters. The first-order valence-electron chi connectivity index (χ1n) is 6.15. The molecule has 7 heteroatoms. The molecule has 2 rings (SSSR count). The first-order chi connectivity index (χ1) is 9.49. The number of carbonyl (C=O) groups is 1. The van der Waals surface area contributed by atoms with E-state index in [2.05, 4.69) is 15.6 Å². The van der Waals surface area contributed by atoms with Crippen LogP contribution in [0, 0.1) is 6.92 Å². The number of nitrogens with zero attached hydrogens (tertiary/aromatic N) is 1. The van der Waals surface area contributed by atoms with Crippen molar-refractivity contribution in [3.8, 4) is 0 Å². The van der Waals surface area contributed by atoms with Gasteiger partial charge in [-0.2, -0.15) is 11.3 Å². The zero-order valence-electron chi connectivity index (χ0n) is 11.3. The van der Waals surface area contributed by atoms with Crippen molar-refractivity contribution in [1.29, 1.82) is 0 Å². The average molecular weight is 295 g/mol. The second kappa shape index (κ2) is 6.06. The van der Waals surface area contributed by atoms with Crippen LogP contribution in [0.1, 0.15) is 23.9 Å². The number of hydrogen-bond donors (Lipinski definition) is 3. The zero-order valence-corrected chi connectivity index (χ0v) is 12.2. The quantitative estimate of drug-likeness (QED) is 0.784. The Hall–Kier alpha value is -1.86. The molecule has 2 amide bonds. The van der Waals surface area contributed by atoms with E-state index >= 15 is 0 Å². The summed E-state index contributed by atoms with van der Waals surface area (Å²) in [6.07, 6.45) is 1.34. The molecule has 0 aliphatic carbocycles. The highest BCUT2D eigenvalue weighted by Gasteiger charge is 2.24. The van der Waals surface area contributed by atoms with E-state index in [-0.39, 0.29) is 19.1 Å². The maximum atomic E-state index is 11.7. The van der Waals surface area contributed by atoms with Gasteiger partial charge < -0.3 is 20.2 Å². The molecule has 2 heterocycles. The Kier molecular flexibility index (Phi) is 4.41. The van der Waals surface area contributed by atoms with Crippen molar-refractivity contribution in [2.24, 2.45) is 0 Å². The van der Waals surface area contributed by atoms with Crippen molar-refractivity contribution in [1.82, 2.24) is 15.6 Å². The normalized spacial score (nSPS) is 13.8. The van der Waals surface area contributed by atoms with Gasteiger partial charge >= 0.3 is 6.03 Å². The molecule has 2 aromatic rings. The number of urea groups is 1. The number of aryl methyl sites for hydroxylation is 1. The van der Waals surface area contributed by atoms with E-state index in [1.807, 2.05) is 16.8 Å². The highest BCUT2D eigenvalue weighted by atomic mass is 32.1. The van der Waals surface area contributed by atoms with Gasteiger partial charge in [-0.15, -0.1) is 0 Å². The van der Waals surface area contributed by atoms with Gasteiger partial charge in [0.2, 0.25) is 0 Å². The molecular weight excluding hydrogens is 278 g/mol. The van der Waals surface area contributed by atoms with E-state index in [1.54, 1.807) is 13.8 Å². The second-order valence-electron chi connectivity index (χ2n) is 4.68. The van der Waals surface area contributed by atoms with E-state index in [9.17, 15) is 9.90 Å². The monoisotopic (exact) mass is 295 g/mol. The number of rotatable bonds is 5. The second-order valence-corrected chi connectivity index (χ2v) is 5.46. The molecule has 0 bridgehead atoms. The van der Waals surface area contributed by atoms with Crippen LogP contribution in [0.25, 0.3) is 0 Å². The Labute approximate surface area is 120 Å². The van der Waals surface area contributed by atoms with Crippen LogP contribution < -0.4 is 10.6 Å². The number of aromatic nitrogens is 1. The van der Waals surface area contributed by atoms with Crippen molar-refractivity contribution >= 4 is 17.4 Å². The molecule has 6 nitrogen and oxygen atoms in total. The van der Waals surface area contributed by atoms with Crippen molar-refractivity contribution in [2.45, 2.75) is 26.0 Å². The molecule has 3 N–H and O–H groups in total. The Morgan fingerprint density at radius 1 is 1.55 bits per heavy atom. The summed E-state index contributed by atoms with van der Waals surface area (Å²) in [5.41, 5.74) is 0.390. The van der Waals surface area contributed by atoms with Crippen LogP contribution in [0.3, 0.4) is 0 Å². The van der Waals surface area contributed by atoms with E-state index < -0.39 is 5.60 Å². The van der Waals surface area contributed by atoms with E-state index in [1.165, 1.54) is 17.7 Å². The Balaban J connectivity index is 1.79. The predicted molar refractivity (Wildman–Crippen MR) is 75.4 cm³/mol. The van der Waals surface area contributed by atoms with Crippen LogP contribution in [0.5, 0.6) is 0 Å². The highest BCUT2D eigenvalue weighted by molar-refractivity contribution is 7.08. The van der Waals surface area contributed by atoms with Gasteiger partial charge in [0.05, 0.1) is 13.1 Å². The van der Waals surface area contributed by atoms with Gasteiger partial charge in [0.1, 0.15) is 17.1 Å². The molecule has 1 atom stereocenters. The fourth-order valence-corrected chi connectivity index (χ4v) is 2.43. The highest BCUT2D eigenvalue weighted by Crippen LogP contribution is 2.21. The van der Waals surface area contributed by atoms with Crippen LogP contribution in [-0.2, 0) is 12.1 Å². The lowest BCUT2D eigenvalue weighted by Crippen LogP contribution is -2.43. The molecule has 0 aliphatic rings. The van der Waals surface area contributed by atoms with Gasteiger partial charge in [0.25, 0.3) is 0 Å². The van der Waals surface area contributed by atoms with Crippen LogP contribution in [-0.4, -0.2) is 22.7 Å². The standard InChI is InChI=1S/C13H17N3O3S/c1-9-11(16-8-19-9)5-14-12(17)15-7-13(2,18)10-3-4-20-6-10/h3-4,6,8,18H,5,7H2,1-2H3,(H2,14,15,17). The third-order valence-corrected chi connectivity index (χ3v) is 3.68. The average Bonchev–Trinajstić information content (AvgIpc) is 3.05. The van der Waals surface area contributed by atoms with E-state index in [0.29, 0.717) is 11.5 Å². The Morgan fingerprint density at radius 2 is 2.35 bits per heavy atom. The van der Waals surface area contributed by atoms with Crippen LogP contribution in [0.2, 0.25) is 0 Å². The number of carbonyl (C=O) groups excluding carboxylic acids is 1. The molecular formula is C13H17N3O3S. The third kappa shape index (κ3) is 3.58. The first-order valence-corrected chi connectivity index (χ1v) is 7.09. The van der Waals surface area contributed by atoms with E-state index in [4.69, 9.17) is 4.42 Å². The third-order valence-electron chi connectivity index (χ3n) is 3.00. The number of aliphatic hydroxyl groups is 1. The molecule has 0 fully saturated rings. The molecule has 108 valence electrons. The Bertz CT molecular complexity index is 563. The smallest absolute Gasteiger partial charge is 0.315 e. The molecule has 0 aliphatic heterocycles. The predicted octanol–water partition coefficient (Wildman–Crippen LogP) is 1.75. The lowest BCUT2D eigenvalue weighted by molar-refractivity contribution is 0.0598. The van der Waals surface area contributed by atoms with Gasteiger partial charge in [0.15, 0.2) is 6.39 Å². The molecule has 0 aromatic carbocycles. The van der Waals surface area contributed by atoms with Crippen molar-refractivity contribution < 1.29 is 14.3 Å². The van der Waals surface area contributed by atoms with Crippen molar-refractivity contribution in [3.63, 3.8) is 0 Å². The number of hydrogen-bond acceptors (Lipinski definition) is 5. The lowest BCUT2D eigenvalue weighted by atomic mass is 9.99. The summed E-state index contributed by atoms with van der Waals surface area (Å²) in [5, 5.41) is 19.3. The minimum absolute atomic E-state index is 0.132. The minimum Gasteiger partial charge on any atom is -0.448 e. The number of nitrogens with one attached hydrogen (secondary N) is 2. The van der Waals surface area contributed by atoms with Crippen LogP contribution in [0.4, 0.5) is 4.79 Å². The molecule has 2 aromatic heterocycles. The van der Waals surface area contributed by atoms with Gasteiger partial charge in [0, 0.05) is 0 Å². The largest absolute Gasteiger partial charge is 0.448 e. The molecule has 0 saturated carbocycles. The van der Waals surface area contributed by atoms with Crippen LogP contribution in [0.15, 0.2) is 27.6 Å². The summed E-state index contributed by atoms with van der Waals surface area (Å²) in [5.74, 6) is 0.676. The first kappa shape index (κ1) is 14.5. The van der Waals surface area contributed by atoms with E-state index in [0.717, 1.165) is 5.56 Å². The summed E-state index contributed by atoms with van der Waals surface area (Å²) >= 11 is 1.50. The van der Waals surface area contributed by atoms with Gasteiger partial charge in [-0.3, -0.25) is 0 Å². The van der Waals surface area contributed by atoms with Gasteiger partial charge in [-0.25, -0.2) is 9.78 Å². The van der Waals surface area contributed by atoms with Gasteiger partial charge in [-0.1, -0.05) is 0 Å². The lowest BCUT2D eigenvalue weighted by Gasteiger charge is -2.22. The number of thiophene rings is 1. The molecule has 0 saturated heterocycles. The van der Waals surface area contributed by atoms with Crippen molar-refractivity contribution in [3.05, 3.63) is 40.2 Å². The summed E-state index contributed by atoms with van der Waals surface area (Å²) in [4.78, 5) is 15.7. The fourth-order valence-electron chi connectivity index (χ4n) is 1.65. The number of amides is 2. The minimum atomic E-state index is -1.08. The number of oxazole rings is 1. The summed E-state index contributed by atoms with van der Waals surface area (Å²) < 4.78 is 5.04. The van der Waals surface area contributed by atoms with Gasteiger partial charge in [-0.05, 0) is 36.2 Å². The molecule has 0 spiro atoms. The summed E-state index contributed by atoms with van der Waals surface area (Å²) in [6, 6.07) is 1.48. The fraction of sp³-hybridized carbons (Fsp3) is 0.385. The topological polar surface area (TPSA) is 87.4 Å². The maximum absolute atomic E-state index is 11.7. The summed E-state index contributed by atoms with van der Waals surface area (Å²) in [7, 11) is 0. The molecule has 0 radical (unpaired) electrons. The SMILES string of the molecule is Cc1ocnc1CNC(=O)NCC(C)(O)c1ccsc1. The maximum Gasteiger partial charge on any atom is 0.315 e.